The van der Waals surface area contributed by atoms with Crippen molar-refractivity contribution in [3.8, 4) is 0 Å². The average Bonchev–Trinajstić information content (AvgIpc) is 2.19. The summed E-state index contributed by atoms with van der Waals surface area (Å²) in [5.74, 6) is 2.26. The zero-order valence-electron chi connectivity index (χ0n) is 8.07. The number of aliphatic hydroxyl groups is 1. The molecule has 0 aliphatic carbocycles. The minimum absolute atomic E-state index is 0.324. The fraction of sp³-hybridized carbons (Fsp3) is 1.00. The first kappa shape index (κ1) is 11.3. The van der Waals surface area contributed by atoms with Crippen LogP contribution in [0.3, 0.4) is 0 Å². The molecule has 78 valence electrons. The van der Waals surface area contributed by atoms with Crippen molar-refractivity contribution in [3.05, 3.63) is 0 Å². The van der Waals surface area contributed by atoms with Gasteiger partial charge in [-0.15, -0.1) is 0 Å². The van der Waals surface area contributed by atoms with Gasteiger partial charge in [0, 0.05) is 32.0 Å². The zero-order chi connectivity index (χ0) is 9.36. The van der Waals surface area contributed by atoms with Crippen LogP contribution in [0.5, 0.6) is 0 Å². The molecule has 1 N–H and O–H groups in total. The lowest BCUT2D eigenvalue weighted by molar-refractivity contribution is 0.0410. The molecule has 0 unspecified atom stereocenters. The first-order chi connectivity index (χ1) is 6.43. The van der Waals surface area contributed by atoms with Crippen molar-refractivity contribution >= 4 is 11.8 Å². The van der Waals surface area contributed by atoms with Crippen LogP contribution in [0.4, 0.5) is 0 Å². The highest BCUT2D eigenvalue weighted by molar-refractivity contribution is 7.99. The normalized spacial score (nSPS) is 19.2. The summed E-state index contributed by atoms with van der Waals surface area (Å²) >= 11 is 1.93. The maximum Gasteiger partial charge on any atom is 0.0594 e. The van der Waals surface area contributed by atoms with E-state index in [9.17, 15) is 0 Å². The van der Waals surface area contributed by atoms with Gasteiger partial charge in [-0.2, -0.15) is 11.8 Å². The number of hydrogen-bond acceptors (Lipinski definition) is 4. The molecule has 0 aromatic rings. The third-order valence-corrected chi connectivity index (χ3v) is 3.15. The van der Waals surface area contributed by atoms with E-state index in [4.69, 9.17) is 9.84 Å². The standard InChI is InChI=1S/C9H19NO2S/c11-5-1-8-13-9-4-10-2-6-12-7-3-10/h11H,1-9H2. The molecule has 1 rings (SSSR count). The smallest absolute Gasteiger partial charge is 0.0594 e. The van der Waals surface area contributed by atoms with Gasteiger partial charge in [-0.25, -0.2) is 0 Å². The van der Waals surface area contributed by atoms with Crippen molar-refractivity contribution < 1.29 is 9.84 Å². The van der Waals surface area contributed by atoms with Crippen LogP contribution in [0.25, 0.3) is 0 Å². The van der Waals surface area contributed by atoms with Gasteiger partial charge < -0.3 is 9.84 Å². The van der Waals surface area contributed by atoms with E-state index in [0.717, 1.165) is 38.5 Å². The van der Waals surface area contributed by atoms with Crippen molar-refractivity contribution in [1.29, 1.82) is 0 Å². The Balaban J connectivity index is 1.86. The Morgan fingerprint density at radius 3 is 2.69 bits per heavy atom. The number of morpholine rings is 1. The third-order valence-electron chi connectivity index (χ3n) is 2.10. The van der Waals surface area contributed by atoms with Crippen LogP contribution in [-0.4, -0.2) is 61.0 Å². The monoisotopic (exact) mass is 205 g/mol. The van der Waals surface area contributed by atoms with Crippen LogP contribution in [0.2, 0.25) is 0 Å². The third kappa shape index (κ3) is 5.52. The summed E-state index contributed by atoms with van der Waals surface area (Å²) in [6.45, 7) is 5.44. The fourth-order valence-electron chi connectivity index (χ4n) is 1.29. The van der Waals surface area contributed by atoms with Gasteiger partial charge in [-0.1, -0.05) is 0 Å². The molecule has 0 saturated carbocycles. The van der Waals surface area contributed by atoms with Crippen molar-refractivity contribution in [2.24, 2.45) is 0 Å². The summed E-state index contributed by atoms with van der Waals surface area (Å²) in [6, 6.07) is 0. The van der Waals surface area contributed by atoms with Gasteiger partial charge in [-0.3, -0.25) is 4.90 Å². The van der Waals surface area contributed by atoms with Crippen LogP contribution in [0, 0.1) is 0 Å². The molecule has 3 nitrogen and oxygen atoms in total. The van der Waals surface area contributed by atoms with Gasteiger partial charge in [0.2, 0.25) is 0 Å². The molecule has 13 heavy (non-hydrogen) atoms. The van der Waals surface area contributed by atoms with E-state index in [1.165, 1.54) is 12.3 Å². The summed E-state index contributed by atoms with van der Waals surface area (Å²) in [7, 11) is 0. The Kier molecular flexibility index (Phi) is 6.62. The fourth-order valence-corrected chi connectivity index (χ4v) is 2.21. The maximum atomic E-state index is 8.57. The number of nitrogens with zero attached hydrogens (tertiary/aromatic N) is 1. The summed E-state index contributed by atoms with van der Waals surface area (Å²) in [5.41, 5.74) is 0. The van der Waals surface area contributed by atoms with Crippen molar-refractivity contribution in [3.63, 3.8) is 0 Å². The van der Waals surface area contributed by atoms with Gasteiger partial charge in [0.1, 0.15) is 0 Å². The van der Waals surface area contributed by atoms with Gasteiger partial charge in [0.15, 0.2) is 0 Å². The van der Waals surface area contributed by atoms with E-state index in [1.807, 2.05) is 11.8 Å². The lowest BCUT2D eigenvalue weighted by Crippen LogP contribution is -2.37. The highest BCUT2D eigenvalue weighted by Gasteiger charge is 2.08. The van der Waals surface area contributed by atoms with Crippen molar-refractivity contribution in [1.82, 2.24) is 4.90 Å². The summed E-state index contributed by atoms with van der Waals surface area (Å²) in [6.07, 6.45) is 0.924. The number of thioether (sulfide) groups is 1. The predicted octanol–water partition coefficient (Wildman–Crippen LogP) is 0.434. The van der Waals surface area contributed by atoms with Gasteiger partial charge in [0.05, 0.1) is 13.2 Å². The predicted molar refractivity (Wildman–Crippen MR) is 56.3 cm³/mol. The molecule has 1 fully saturated rings. The molecule has 1 aliphatic heterocycles. The molecule has 1 saturated heterocycles. The first-order valence-electron chi connectivity index (χ1n) is 4.92. The molecule has 4 heteroatoms. The number of rotatable bonds is 6. The van der Waals surface area contributed by atoms with Crippen LogP contribution < -0.4 is 0 Å². The highest BCUT2D eigenvalue weighted by Crippen LogP contribution is 2.04. The minimum atomic E-state index is 0.324. The Morgan fingerprint density at radius 1 is 1.23 bits per heavy atom. The van der Waals surface area contributed by atoms with E-state index in [2.05, 4.69) is 4.90 Å². The number of hydrogen-bond donors (Lipinski definition) is 1. The van der Waals surface area contributed by atoms with Crippen LogP contribution in [0.1, 0.15) is 6.42 Å². The lowest BCUT2D eigenvalue weighted by Gasteiger charge is -2.26. The molecule has 0 radical (unpaired) electrons. The van der Waals surface area contributed by atoms with Crippen LogP contribution in [-0.2, 0) is 4.74 Å². The van der Waals surface area contributed by atoms with Gasteiger partial charge in [0.25, 0.3) is 0 Å². The highest BCUT2D eigenvalue weighted by atomic mass is 32.2. The second-order valence-corrected chi connectivity index (χ2v) is 4.37. The molecule has 1 aliphatic rings. The largest absolute Gasteiger partial charge is 0.396 e. The molecule has 0 aromatic heterocycles. The topological polar surface area (TPSA) is 32.7 Å². The molecule has 1 heterocycles. The van der Waals surface area contributed by atoms with E-state index in [1.54, 1.807) is 0 Å². The minimum Gasteiger partial charge on any atom is -0.396 e. The molecular weight excluding hydrogens is 186 g/mol. The van der Waals surface area contributed by atoms with Crippen molar-refractivity contribution in [2.45, 2.75) is 6.42 Å². The molecular formula is C9H19NO2S. The Hall–Kier alpha value is 0.230. The lowest BCUT2D eigenvalue weighted by atomic mass is 10.4. The summed E-state index contributed by atoms with van der Waals surface area (Å²) < 4.78 is 5.26. The Labute approximate surface area is 84.4 Å². The second-order valence-electron chi connectivity index (χ2n) is 3.14. The summed E-state index contributed by atoms with van der Waals surface area (Å²) in [5, 5.41) is 8.57. The maximum absolute atomic E-state index is 8.57. The van der Waals surface area contributed by atoms with Crippen molar-refractivity contribution in [2.75, 3.05) is 51.0 Å². The summed E-state index contributed by atoms with van der Waals surface area (Å²) in [4.78, 5) is 2.44. The molecule has 0 atom stereocenters. The van der Waals surface area contributed by atoms with Crippen LogP contribution >= 0.6 is 11.8 Å². The quantitative estimate of drug-likeness (QED) is 0.638. The van der Waals surface area contributed by atoms with E-state index in [0.29, 0.717) is 6.61 Å². The first-order valence-corrected chi connectivity index (χ1v) is 6.07. The van der Waals surface area contributed by atoms with Gasteiger partial charge >= 0.3 is 0 Å². The molecule has 0 amide bonds. The number of aliphatic hydroxyl groups excluding tert-OH is 1. The van der Waals surface area contributed by atoms with Gasteiger partial charge in [-0.05, 0) is 12.2 Å². The van der Waals surface area contributed by atoms with E-state index in [-0.39, 0.29) is 0 Å². The molecule has 0 spiro atoms. The average molecular weight is 205 g/mol. The molecule has 0 bridgehead atoms. The van der Waals surface area contributed by atoms with E-state index < -0.39 is 0 Å². The SMILES string of the molecule is OCCCSCCN1CCOCC1. The Bertz CT molecular complexity index is 118. The Morgan fingerprint density at radius 2 is 2.00 bits per heavy atom. The van der Waals surface area contributed by atoms with E-state index >= 15 is 0 Å². The second kappa shape index (κ2) is 7.62. The molecule has 0 aromatic carbocycles. The number of ether oxygens (including phenoxy) is 1. The van der Waals surface area contributed by atoms with Crippen LogP contribution in [0.15, 0.2) is 0 Å². The zero-order valence-corrected chi connectivity index (χ0v) is 8.89.